The number of likely N-dealkylation sites (tertiary alicyclic amines) is 1. The molecule has 0 aliphatic carbocycles. The first-order chi connectivity index (χ1) is 11.1. The van der Waals surface area contributed by atoms with E-state index in [1.54, 1.807) is 0 Å². The van der Waals surface area contributed by atoms with Gasteiger partial charge in [-0.25, -0.2) is 0 Å². The topological polar surface area (TPSA) is 39.5 Å². The van der Waals surface area contributed by atoms with Crippen LogP contribution in [0.3, 0.4) is 0 Å². The third-order valence-electron chi connectivity index (χ3n) is 5.45. The SMILES string of the molecule is CN(C)C1CCOC2(CCN(Cc3ccc(C#N)cc3)CC2)C1. The van der Waals surface area contributed by atoms with Crippen molar-refractivity contribution in [1.82, 2.24) is 9.80 Å². The van der Waals surface area contributed by atoms with E-state index in [2.05, 4.69) is 42.1 Å². The molecule has 1 aromatic carbocycles. The number of nitriles is 1. The maximum atomic E-state index is 8.87. The zero-order valence-electron chi connectivity index (χ0n) is 14.3. The standard InChI is InChI=1S/C19H27N3O/c1-21(2)18-7-12-23-19(13-18)8-10-22(11-9-19)15-17-5-3-16(14-20)4-6-17/h3-6,18H,7-13,15H2,1-2H3. The quantitative estimate of drug-likeness (QED) is 0.860. The van der Waals surface area contributed by atoms with E-state index in [9.17, 15) is 0 Å². The summed E-state index contributed by atoms with van der Waals surface area (Å²) < 4.78 is 6.23. The molecule has 2 fully saturated rings. The number of ether oxygens (including phenoxy) is 1. The molecule has 2 saturated heterocycles. The van der Waals surface area contributed by atoms with Crippen molar-refractivity contribution in [1.29, 1.82) is 5.26 Å². The van der Waals surface area contributed by atoms with Gasteiger partial charge in [-0.15, -0.1) is 0 Å². The molecule has 0 bridgehead atoms. The molecule has 1 atom stereocenters. The summed E-state index contributed by atoms with van der Waals surface area (Å²) in [6.07, 6.45) is 4.59. The molecule has 1 spiro atoms. The van der Waals surface area contributed by atoms with Gasteiger partial charge in [-0.3, -0.25) is 4.90 Å². The first-order valence-corrected chi connectivity index (χ1v) is 8.62. The lowest BCUT2D eigenvalue weighted by atomic mass is 9.82. The summed E-state index contributed by atoms with van der Waals surface area (Å²) in [7, 11) is 4.37. The Morgan fingerprint density at radius 2 is 1.96 bits per heavy atom. The smallest absolute Gasteiger partial charge is 0.0991 e. The van der Waals surface area contributed by atoms with Crippen LogP contribution >= 0.6 is 0 Å². The van der Waals surface area contributed by atoms with E-state index < -0.39 is 0 Å². The highest BCUT2D eigenvalue weighted by atomic mass is 16.5. The highest BCUT2D eigenvalue weighted by molar-refractivity contribution is 5.31. The minimum atomic E-state index is 0.106. The molecule has 0 saturated carbocycles. The van der Waals surface area contributed by atoms with Gasteiger partial charge in [0.25, 0.3) is 0 Å². The second-order valence-corrected chi connectivity index (χ2v) is 7.23. The molecule has 23 heavy (non-hydrogen) atoms. The Hall–Kier alpha value is -1.41. The van der Waals surface area contributed by atoms with E-state index in [0.29, 0.717) is 6.04 Å². The third-order valence-corrected chi connectivity index (χ3v) is 5.45. The average Bonchev–Trinajstić information content (AvgIpc) is 2.58. The van der Waals surface area contributed by atoms with Crippen molar-refractivity contribution in [2.45, 2.75) is 43.9 Å². The van der Waals surface area contributed by atoms with Crippen LogP contribution in [0.1, 0.15) is 36.8 Å². The van der Waals surface area contributed by atoms with Crippen molar-refractivity contribution in [2.24, 2.45) is 0 Å². The lowest BCUT2D eigenvalue weighted by Gasteiger charge is -2.47. The van der Waals surface area contributed by atoms with Crippen LogP contribution in [0.15, 0.2) is 24.3 Å². The van der Waals surface area contributed by atoms with Crippen molar-refractivity contribution in [2.75, 3.05) is 33.8 Å². The van der Waals surface area contributed by atoms with E-state index >= 15 is 0 Å². The van der Waals surface area contributed by atoms with Crippen molar-refractivity contribution >= 4 is 0 Å². The monoisotopic (exact) mass is 313 g/mol. The molecule has 0 aromatic heterocycles. The lowest BCUT2D eigenvalue weighted by Crippen LogP contribution is -2.52. The second-order valence-electron chi connectivity index (χ2n) is 7.23. The summed E-state index contributed by atoms with van der Waals surface area (Å²) in [4.78, 5) is 4.86. The molecule has 0 amide bonds. The molecular weight excluding hydrogens is 286 g/mol. The van der Waals surface area contributed by atoms with E-state index in [0.717, 1.165) is 51.1 Å². The van der Waals surface area contributed by atoms with Crippen LogP contribution in [0.25, 0.3) is 0 Å². The predicted molar refractivity (Wildman–Crippen MR) is 91.1 cm³/mol. The third kappa shape index (κ3) is 3.92. The van der Waals surface area contributed by atoms with Crippen LogP contribution in [0, 0.1) is 11.3 Å². The molecule has 3 rings (SSSR count). The van der Waals surface area contributed by atoms with Crippen LogP contribution < -0.4 is 0 Å². The number of nitrogens with zero attached hydrogens (tertiary/aromatic N) is 3. The Labute approximate surface area is 139 Å². The van der Waals surface area contributed by atoms with Crippen molar-refractivity contribution in [3.63, 3.8) is 0 Å². The highest BCUT2D eigenvalue weighted by Crippen LogP contribution is 2.36. The molecule has 1 unspecified atom stereocenters. The van der Waals surface area contributed by atoms with Crippen LogP contribution in [-0.2, 0) is 11.3 Å². The van der Waals surface area contributed by atoms with Gasteiger partial charge in [0.2, 0.25) is 0 Å². The first-order valence-electron chi connectivity index (χ1n) is 8.62. The Morgan fingerprint density at radius 1 is 1.26 bits per heavy atom. The molecule has 4 heteroatoms. The fraction of sp³-hybridized carbons (Fsp3) is 0.632. The number of rotatable bonds is 3. The molecule has 2 aliphatic heterocycles. The molecule has 0 N–H and O–H groups in total. The van der Waals surface area contributed by atoms with Gasteiger partial charge in [0.05, 0.1) is 17.2 Å². The number of benzene rings is 1. The zero-order chi connectivity index (χ0) is 16.3. The average molecular weight is 313 g/mol. The van der Waals surface area contributed by atoms with E-state index in [1.807, 2.05) is 12.1 Å². The van der Waals surface area contributed by atoms with Gasteiger partial charge >= 0.3 is 0 Å². The molecule has 124 valence electrons. The van der Waals surface area contributed by atoms with Gasteiger partial charge in [0.1, 0.15) is 0 Å². The van der Waals surface area contributed by atoms with E-state index in [1.165, 1.54) is 12.0 Å². The van der Waals surface area contributed by atoms with Crippen LogP contribution in [-0.4, -0.2) is 55.2 Å². The van der Waals surface area contributed by atoms with Crippen LogP contribution in [0.5, 0.6) is 0 Å². The number of hydrogen-bond acceptors (Lipinski definition) is 4. The van der Waals surface area contributed by atoms with Gasteiger partial charge in [0.15, 0.2) is 0 Å². The van der Waals surface area contributed by atoms with E-state index in [-0.39, 0.29) is 5.60 Å². The van der Waals surface area contributed by atoms with Gasteiger partial charge in [-0.05, 0) is 57.5 Å². The summed E-state index contributed by atoms with van der Waals surface area (Å²) >= 11 is 0. The van der Waals surface area contributed by atoms with Gasteiger partial charge in [0, 0.05) is 32.3 Å². The lowest BCUT2D eigenvalue weighted by molar-refractivity contribution is -0.130. The molecule has 4 nitrogen and oxygen atoms in total. The Morgan fingerprint density at radius 3 is 2.57 bits per heavy atom. The first kappa shape index (κ1) is 16.4. The predicted octanol–water partition coefficient (Wildman–Crippen LogP) is 2.63. The fourth-order valence-electron chi connectivity index (χ4n) is 3.85. The Balaban J connectivity index is 1.54. The molecular formula is C19H27N3O. The van der Waals surface area contributed by atoms with Crippen LogP contribution in [0.2, 0.25) is 0 Å². The minimum absolute atomic E-state index is 0.106. The Kier molecular flexibility index (Phi) is 5.01. The number of piperidine rings is 1. The largest absolute Gasteiger partial charge is 0.375 e. The normalized spacial score (nSPS) is 24.7. The molecule has 0 radical (unpaired) electrons. The highest BCUT2D eigenvalue weighted by Gasteiger charge is 2.40. The van der Waals surface area contributed by atoms with Crippen molar-refractivity contribution in [3.05, 3.63) is 35.4 Å². The summed E-state index contributed by atoms with van der Waals surface area (Å²) in [6.45, 7) is 4.07. The molecule has 2 heterocycles. The minimum Gasteiger partial charge on any atom is -0.375 e. The molecule has 2 aliphatic rings. The summed E-state index contributed by atoms with van der Waals surface area (Å²) in [5.74, 6) is 0. The Bertz CT molecular complexity index is 553. The van der Waals surface area contributed by atoms with Crippen LogP contribution in [0.4, 0.5) is 0 Å². The zero-order valence-corrected chi connectivity index (χ0v) is 14.3. The van der Waals surface area contributed by atoms with Gasteiger partial charge in [-0.2, -0.15) is 5.26 Å². The van der Waals surface area contributed by atoms with Crippen molar-refractivity contribution < 1.29 is 4.74 Å². The fourth-order valence-corrected chi connectivity index (χ4v) is 3.85. The number of hydrogen-bond donors (Lipinski definition) is 0. The van der Waals surface area contributed by atoms with Gasteiger partial charge in [-0.1, -0.05) is 12.1 Å². The van der Waals surface area contributed by atoms with E-state index in [4.69, 9.17) is 10.00 Å². The summed E-state index contributed by atoms with van der Waals surface area (Å²) in [5, 5.41) is 8.87. The summed E-state index contributed by atoms with van der Waals surface area (Å²) in [6, 6.07) is 10.8. The maximum absolute atomic E-state index is 8.87. The second kappa shape index (κ2) is 7.00. The summed E-state index contributed by atoms with van der Waals surface area (Å²) in [5.41, 5.74) is 2.13. The van der Waals surface area contributed by atoms with Crippen molar-refractivity contribution in [3.8, 4) is 6.07 Å². The van der Waals surface area contributed by atoms with Gasteiger partial charge < -0.3 is 9.64 Å². The maximum Gasteiger partial charge on any atom is 0.0991 e. The molecule has 1 aromatic rings.